The van der Waals surface area contributed by atoms with Crippen LogP contribution in [0.2, 0.25) is 10.0 Å². The van der Waals surface area contributed by atoms with Crippen molar-refractivity contribution in [2.75, 3.05) is 13.2 Å². The standard InChI is InChI=1S/C17H18ClN3O2.C10H12BrN3O2.C7H8BClO2.2CH4/c1-10-9-11(18)3-6-13(10)14-15(16(22)19-12-4-5-12)20-21-7-2-8-23-17(14)21;11-7-8(9(15)12-6-2-3-6)13-14-4-1-5-16-10(7)14;1-5-4-6(9)2-3-7(5)8(10)11;;/h3,6,9,12H,2,4-5,7-8H2,1H3,(H,19,22);6H,1-5H2,(H,12,15);2-4,10-11H,1H3;2*1H4. The number of ether oxygens (including phenoxy) is 2. The summed E-state index contributed by atoms with van der Waals surface area (Å²) in [4.78, 5) is 24.5. The van der Waals surface area contributed by atoms with E-state index in [0.717, 1.165) is 73.9 Å². The highest BCUT2D eigenvalue weighted by Crippen LogP contribution is 2.38. The molecule has 0 atom stereocenters. The number of aryl methyl sites for hydroxylation is 4. The van der Waals surface area contributed by atoms with Crippen molar-refractivity contribution in [3.63, 3.8) is 0 Å². The first-order valence-corrected chi connectivity index (χ1v) is 18.2. The molecule has 4 N–H and O–H groups in total. The second kappa shape index (κ2) is 18.0. The van der Waals surface area contributed by atoms with Gasteiger partial charge in [-0.3, -0.25) is 9.59 Å². The van der Waals surface area contributed by atoms with Crippen LogP contribution >= 0.6 is 39.1 Å². The van der Waals surface area contributed by atoms with Gasteiger partial charge in [0.15, 0.2) is 11.4 Å². The number of benzene rings is 2. The summed E-state index contributed by atoms with van der Waals surface area (Å²) in [5, 5.41) is 33.6. The fourth-order valence-electron chi connectivity index (χ4n) is 5.57. The number of fused-ring (bicyclic) bond motifs is 2. The molecule has 0 bridgehead atoms. The number of halogens is 3. The van der Waals surface area contributed by atoms with Crippen LogP contribution in [0, 0.1) is 13.8 Å². The third-order valence-corrected chi connectivity index (χ3v) is 9.67. The van der Waals surface area contributed by atoms with E-state index in [0.29, 0.717) is 68.4 Å². The Kier molecular flexibility index (Phi) is 14.2. The lowest BCUT2D eigenvalue weighted by Crippen LogP contribution is -2.31. The number of rotatable bonds is 6. The van der Waals surface area contributed by atoms with E-state index in [1.807, 2.05) is 25.1 Å². The average molecular weight is 820 g/mol. The maximum atomic E-state index is 12.6. The first-order chi connectivity index (χ1) is 24.0. The van der Waals surface area contributed by atoms with E-state index in [1.54, 1.807) is 34.5 Å². The molecule has 2 fully saturated rings. The highest BCUT2D eigenvalue weighted by Gasteiger charge is 2.32. The molecule has 16 heteroatoms. The Labute approximate surface area is 323 Å². The Bertz CT molecular complexity index is 1890. The number of aromatic nitrogens is 4. The van der Waals surface area contributed by atoms with Gasteiger partial charge in [0, 0.05) is 48.1 Å². The number of hydrogen-bond acceptors (Lipinski definition) is 8. The lowest BCUT2D eigenvalue weighted by atomic mass is 9.77. The summed E-state index contributed by atoms with van der Waals surface area (Å²) in [5.74, 6) is 1.12. The quantitative estimate of drug-likeness (QED) is 0.170. The Morgan fingerprint density at radius 1 is 0.808 bits per heavy atom. The van der Waals surface area contributed by atoms with E-state index < -0.39 is 7.12 Å². The number of carbonyl (C=O) groups is 2. The normalized spacial score (nSPS) is 15.2. The lowest BCUT2D eigenvalue weighted by Gasteiger charge is -2.16. The van der Waals surface area contributed by atoms with Crippen LogP contribution in [-0.2, 0) is 13.1 Å². The summed E-state index contributed by atoms with van der Waals surface area (Å²) in [6.45, 7) is 6.68. The lowest BCUT2D eigenvalue weighted by molar-refractivity contribution is 0.0936. The van der Waals surface area contributed by atoms with Crippen LogP contribution in [0.25, 0.3) is 11.1 Å². The van der Waals surface area contributed by atoms with Gasteiger partial charge in [-0.1, -0.05) is 50.2 Å². The van der Waals surface area contributed by atoms with Crippen LogP contribution in [0.5, 0.6) is 11.8 Å². The minimum absolute atomic E-state index is 0. The van der Waals surface area contributed by atoms with Crippen LogP contribution < -0.4 is 25.6 Å². The van der Waals surface area contributed by atoms with Crippen molar-refractivity contribution < 1.29 is 29.1 Å². The zero-order chi connectivity index (χ0) is 35.5. The van der Waals surface area contributed by atoms with Crippen molar-refractivity contribution in [2.45, 2.75) is 92.4 Å². The van der Waals surface area contributed by atoms with Crippen molar-refractivity contribution in [3.05, 3.63) is 73.4 Å². The van der Waals surface area contributed by atoms with Crippen LogP contribution in [0.4, 0.5) is 0 Å². The monoisotopic (exact) mass is 818 g/mol. The Morgan fingerprint density at radius 3 is 1.83 bits per heavy atom. The highest BCUT2D eigenvalue weighted by atomic mass is 79.9. The number of carbonyl (C=O) groups excluding carboxylic acids is 2. The molecule has 4 aliphatic rings. The second-order valence-corrected chi connectivity index (χ2v) is 14.3. The summed E-state index contributed by atoms with van der Waals surface area (Å²) < 4.78 is 15.5. The zero-order valence-corrected chi connectivity index (χ0v) is 30.8. The van der Waals surface area contributed by atoms with Gasteiger partial charge in [-0.05, 0) is 102 Å². The molecule has 0 saturated heterocycles. The van der Waals surface area contributed by atoms with E-state index in [9.17, 15) is 9.59 Å². The minimum Gasteiger partial charge on any atom is -0.477 e. The Morgan fingerprint density at radius 2 is 1.31 bits per heavy atom. The van der Waals surface area contributed by atoms with Crippen LogP contribution in [0.1, 0.15) is 85.5 Å². The first kappa shape index (κ1) is 41.2. The summed E-state index contributed by atoms with van der Waals surface area (Å²) in [6.07, 6.45) is 6.08. The number of hydrogen-bond donors (Lipinski definition) is 4. The van der Waals surface area contributed by atoms with E-state index in [2.05, 4.69) is 36.8 Å². The molecular formula is C36H46BBrCl2N6O6. The predicted molar refractivity (Wildman–Crippen MR) is 208 cm³/mol. The smallest absolute Gasteiger partial charge is 0.477 e. The molecule has 2 amide bonds. The van der Waals surface area contributed by atoms with Gasteiger partial charge in [0.1, 0.15) is 4.47 Å². The molecule has 0 spiro atoms. The molecule has 0 unspecified atom stereocenters. The van der Waals surface area contributed by atoms with Crippen molar-refractivity contribution in [1.29, 1.82) is 0 Å². The van der Waals surface area contributed by atoms with E-state index in [-0.39, 0.29) is 26.7 Å². The fraction of sp³-hybridized carbons (Fsp3) is 0.444. The van der Waals surface area contributed by atoms with E-state index in [4.69, 9.17) is 42.7 Å². The molecule has 52 heavy (non-hydrogen) atoms. The van der Waals surface area contributed by atoms with Crippen molar-refractivity contribution in [3.8, 4) is 22.9 Å². The van der Waals surface area contributed by atoms with Gasteiger partial charge in [0.25, 0.3) is 11.8 Å². The van der Waals surface area contributed by atoms with Crippen LogP contribution in [0.3, 0.4) is 0 Å². The molecule has 2 aliphatic heterocycles. The van der Waals surface area contributed by atoms with E-state index in [1.165, 1.54) is 0 Å². The summed E-state index contributed by atoms with van der Waals surface area (Å²) in [7, 11) is -1.41. The minimum atomic E-state index is -1.41. The van der Waals surface area contributed by atoms with Gasteiger partial charge < -0.3 is 30.2 Å². The predicted octanol–water partition coefficient (Wildman–Crippen LogP) is 6.11. The molecule has 2 aliphatic carbocycles. The molecule has 12 nitrogen and oxygen atoms in total. The largest absolute Gasteiger partial charge is 0.488 e. The first-order valence-electron chi connectivity index (χ1n) is 16.6. The van der Waals surface area contributed by atoms with Crippen molar-refractivity contribution in [2.24, 2.45) is 0 Å². The molecule has 2 aromatic heterocycles. The Balaban J connectivity index is 0.000000183. The molecule has 4 heterocycles. The average Bonchev–Trinajstić information content (AvgIpc) is 4.01. The fourth-order valence-corrected chi connectivity index (χ4v) is 6.60. The van der Waals surface area contributed by atoms with E-state index >= 15 is 0 Å². The van der Waals surface area contributed by atoms with Gasteiger partial charge in [-0.2, -0.15) is 10.2 Å². The van der Waals surface area contributed by atoms with Gasteiger partial charge in [0.2, 0.25) is 11.8 Å². The van der Waals surface area contributed by atoms with Gasteiger partial charge in [0.05, 0.1) is 18.8 Å². The third kappa shape index (κ3) is 9.90. The third-order valence-electron chi connectivity index (χ3n) is 8.49. The second-order valence-electron chi connectivity index (χ2n) is 12.7. The molecule has 2 aromatic carbocycles. The summed E-state index contributed by atoms with van der Waals surface area (Å²) in [6, 6.07) is 11.2. The van der Waals surface area contributed by atoms with Gasteiger partial charge >= 0.3 is 7.12 Å². The van der Waals surface area contributed by atoms with Crippen molar-refractivity contribution >= 4 is 63.5 Å². The van der Waals surface area contributed by atoms with Crippen LogP contribution in [-0.4, -0.2) is 73.8 Å². The molecule has 0 radical (unpaired) electrons. The molecular weight excluding hydrogens is 774 g/mol. The molecule has 8 rings (SSSR count). The molecule has 280 valence electrons. The topological polar surface area (TPSA) is 153 Å². The SMILES string of the molecule is C.C.Cc1cc(Cl)ccc1-c1c(C(=O)NC2CC2)nn2c1OCCC2.Cc1cc(Cl)ccc1B(O)O.O=C(NC1CC1)c1nn2c(c1Br)OCCC2. The highest BCUT2D eigenvalue weighted by molar-refractivity contribution is 9.10. The number of amides is 2. The van der Waals surface area contributed by atoms with Crippen LogP contribution in [0.15, 0.2) is 40.9 Å². The maximum Gasteiger partial charge on any atom is 0.488 e. The Hall–Kier alpha value is -3.56. The number of nitrogens with one attached hydrogen (secondary N) is 2. The zero-order valence-electron chi connectivity index (χ0n) is 27.7. The van der Waals surface area contributed by atoms with Gasteiger partial charge in [-0.25, -0.2) is 9.36 Å². The van der Waals surface area contributed by atoms with Gasteiger partial charge in [-0.15, -0.1) is 0 Å². The summed E-state index contributed by atoms with van der Waals surface area (Å²) >= 11 is 15.1. The molecule has 4 aromatic rings. The molecule has 2 saturated carbocycles. The number of nitrogens with zero attached hydrogens (tertiary/aromatic N) is 4. The van der Waals surface area contributed by atoms with Crippen molar-refractivity contribution in [1.82, 2.24) is 30.2 Å². The summed E-state index contributed by atoms with van der Waals surface area (Å²) in [5.41, 5.74) is 4.88. The maximum absolute atomic E-state index is 12.6.